The summed E-state index contributed by atoms with van der Waals surface area (Å²) in [7, 11) is -7.32. The number of nitrogens with zero attached hydrogens (tertiary/aromatic N) is 2. The summed E-state index contributed by atoms with van der Waals surface area (Å²) in [5.41, 5.74) is 3.03. The van der Waals surface area contributed by atoms with E-state index < -0.39 is 57.1 Å². The lowest BCUT2D eigenvalue weighted by atomic mass is 10.1. The van der Waals surface area contributed by atoms with E-state index in [2.05, 4.69) is 146 Å². The molecular formula is C44H80N4O8Si4. The first-order valence-electron chi connectivity index (χ1n) is 21.2. The Balaban J connectivity index is 2.45. The largest absolute Gasteiger partial charge is 0.467 e. The number of carbonyl (C=O) groups is 3. The molecule has 0 radical (unpaired) electrons. The van der Waals surface area contributed by atoms with Crippen molar-refractivity contribution in [2.24, 2.45) is 0 Å². The molecule has 340 valence electrons. The Hall–Kier alpha value is -2.58. The Morgan fingerprint density at radius 1 is 0.517 bits per heavy atom. The molecule has 0 fully saturated rings. The second-order valence-corrected chi connectivity index (χ2v) is 41.4. The Morgan fingerprint density at radius 2 is 0.783 bits per heavy atom. The third-order valence-corrected chi connectivity index (χ3v) is 31.1. The second kappa shape index (κ2) is 19.9. The lowest BCUT2D eigenvalue weighted by Crippen LogP contribution is -2.49. The van der Waals surface area contributed by atoms with Crippen molar-refractivity contribution in [1.29, 1.82) is 0 Å². The lowest BCUT2D eigenvalue weighted by Gasteiger charge is -2.36. The van der Waals surface area contributed by atoms with Crippen molar-refractivity contribution < 1.29 is 36.8 Å². The monoisotopic (exact) mass is 905 g/mol. The molecule has 12 nitrogen and oxygen atoms in total. The van der Waals surface area contributed by atoms with Crippen LogP contribution in [0.15, 0.2) is 24.3 Å². The zero-order valence-corrected chi connectivity index (χ0v) is 45.1. The van der Waals surface area contributed by atoms with Crippen molar-refractivity contribution in [1.82, 2.24) is 20.6 Å². The van der Waals surface area contributed by atoms with Crippen LogP contribution in [0.2, 0.25) is 72.5 Å². The number of esters is 1. The van der Waals surface area contributed by atoms with Crippen molar-refractivity contribution in [3.8, 4) is 0 Å². The highest BCUT2D eigenvalue weighted by molar-refractivity contribution is 6.75. The fourth-order valence-electron chi connectivity index (χ4n) is 4.61. The normalized spacial score (nSPS) is 14.2. The van der Waals surface area contributed by atoms with Crippen LogP contribution in [0.5, 0.6) is 0 Å². The molecule has 2 rings (SSSR count). The predicted molar refractivity (Wildman–Crippen MR) is 252 cm³/mol. The minimum absolute atomic E-state index is 0.0139. The molecule has 0 aliphatic rings. The van der Waals surface area contributed by atoms with Crippen LogP contribution >= 0.6 is 0 Å². The average molecular weight is 905 g/mol. The van der Waals surface area contributed by atoms with Crippen molar-refractivity contribution in [3.63, 3.8) is 0 Å². The molecule has 0 bridgehead atoms. The molecule has 0 aliphatic carbocycles. The van der Waals surface area contributed by atoms with Crippen molar-refractivity contribution in [2.45, 2.75) is 188 Å². The number of hydrogen-bond donors (Lipinski definition) is 2. The maximum absolute atomic E-state index is 14.0. The van der Waals surface area contributed by atoms with E-state index >= 15 is 0 Å². The van der Waals surface area contributed by atoms with Gasteiger partial charge in [0.25, 0.3) is 11.8 Å². The molecule has 2 heterocycles. The smallest absolute Gasteiger partial charge is 0.330 e. The quantitative estimate of drug-likeness (QED) is 0.109. The summed E-state index contributed by atoms with van der Waals surface area (Å²) in [6.45, 7) is 44.1. The van der Waals surface area contributed by atoms with Crippen LogP contribution < -0.4 is 10.6 Å². The van der Waals surface area contributed by atoms with Crippen LogP contribution in [-0.4, -0.2) is 80.7 Å². The van der Waals surface area contributed by atoms with Crippen molar-refractivity contribution in [3.05, 3.63) is 58.2 Å². The molecular weight excluding hydrogens is 825 g/mol. The average Bonchev–Trinajstić information content (AvgIpc) is 3.10. The Bertz CT molecular complexity index is 1710. The molecule has 16 heteroatoms. The van der Waals surface area contributed by atoms with Gasteiger partial charge in [0.15, 0.2) is 33.3 Å². The summed E-state index contributed by atoms with van der Waals surface area (Å²) in [6, 6.07) is 5.60. The molecule has 0 saturated carbocycles. The number of nitrogens with one attached hydrogen (secondary N) is 2. The standard InChI is InChI=1S/C44H80N4O8Si4/c1-41(2,3)57(14,15)53-27-33-22-31(23-34(46-33)28-54-58(16,17)42(4,5)6)38(49)45-26-37(40(51)52-13)48-39(50)32-24-35(29-55-59(18,19)43(7,8)9)47-36(25-32)30-56-60(20,21)44(10,11)12/h22-25,37H,26-30H2,1-21H3,(H,45,49)(H,48,50). The molecule has 2 aromatic rings. The summed E-state index contributed by atoms with van der Waals surface area (Å²) in [5, 5.41) is 5.58. The van der Waals surface area contributed by atoms with Gasteiger partial charge in [0.05, 0.1) is 56.3 Å². The zero-order chi connectivity index (χ0) is 46.5. The SMILES string of the molecule is COC(=O)C(CNC(=O)c1cc(CO[Si](C)(C)C(C)(C)C)nc(CO[Si](C)(C)C(C)(C)C)c1)NC(=O)c1cc(CO[Si](C)(C)C(C)(C)C)nc(CO[Si](C)(C)C(C)(C)C)c1. The van der Waals surface area contributed by atoms with Crippen LogP contribution in [0.25, 0.3) is 0 Å². The Labute approximate surface area is 367 Å². The van der Waals surface area contributed by atoms with Crippen LogP contribution in [0.1, 0.15) is 127 Å². The molecule has 0 saturated heterocycles. The van der Waals surface area contributed by atoms with Crippen LogP contribution in [0.4, 0.5) is 0 Å². The molecule has 1 atom stereocenters. The number of methoxy groups -OCH3 is 1. The van der Waals surface area contributed by atoms with Gasteiger partial charge < -0.3 is 33.1 Å². The number of pyridine rings is 2. The Morgan fingerprint density at radius 3 is 1.03 bits per heavy atom. The molecule has 60 heavy (non-hydrogen) atoms. The minimum atomic E-state index is -2.15. The van der Waals surface area contributed by atoms with Gasteiger partial charge in [0.1, 0.15) is 6.04 Å². The number of hydrogen-bond acceptors (Lipinski definition) is 10. The highest BCUT2D eigenvalue weighted by Crippen LogP contribution is 2.40. The minimum Gasteiger partial charge on any atom is -0.467 e. The van der Waals surface area contributed by atoms with E-state index in [9.17, 15) is 14.4 Å². The van der Waals surface area contributed by atoms with Crippen LogP contribution in [0, 0.1) is 0 Å². The summed E-state index contributed by atoms with van der Waals surface area (Å²) in [5.74, 6) is -1.67. The summed E-state index contributed by atoms with van der Waals surface area (Å²) < 4.78 is 31.1. The van der Waals surface area contributed by atoms with Crippen molar-refractivity contribution in [2.75, 3.05) is 13.7 Å². The molecule has 2 N–H and O–H groups in total. The van der Waals surface area contributed by atoms with Gasteiger partial charge in [0.2, 0.25) is 0 Å². The molecule has 0 aliphatic heterocycles. The van der Waals surface area contributed by atoms with Gasteiger partial charge in [-0.2, -0.15) is 0 Å². The highest BCUT2D eigenvalue weighted by Gasteiger charge is 2.40. The lowest BCUT2D eigenvalue weighted by molar-refractivity contribution is -0.142. The van der Waals surface area contributed by atoms with Crippen molar-refractivity contribution >= 4 is 51.1 Å². The van der Waals surface area contributed by atoms with E-state index in [1.807, 2.05) is 0 Å². The van der Waals surface area contributed by atoms with Gasteiger partial charge in [-0.15, -0.1) is 0 Å². The van der Waals surface area contributed by atoms with E-state index in [0.717, 1.165) is 0 Å². The van der Waals surface area contributed by atoms with Gasteiger partial charge >= 0.3 is 5.97 Å². The summed E-state index contributed by atoms with van der Waals surface area (Å²) in [6.07, 6.45) is 0. The molecule has 0 spiro atoms. The highest BCUT2D eigenvalue weighted by atomic mass is 28.4. The number of aromatic nitrogens is 2. The summed E-state index contributed by atoms with van der Waals surface area (Å²) in [4.78, 5) is 50.7. The van der Waals surface area contributed by atoms with Gasteiger partial charge in [0, 0.05) is 17.7 Å². The van der Waals surface area contributed by atoms with E-state index in [1.54, 1.807) is 24.3 Å². The fraction of sp³-hybridized carbons (Fsp3) is 0.705. The summed E-state index contributed by atoms with van der Waals surface area (Å²) >= 11 is 0. The van der Waals surface area contributed by atoms with Crippen LogP contribution in [0.3, 0.4) is 0 Å². The molecule has 0 aromatic carbocycles. The van der Waals surface area contributed by atoms with E-state index in [0.29, 0.717) is 33.9 Å². The number of ether oxygens (including phenoxy) is 1. The third kappa shape index (κ3) is 15.1. The third-order valence-electron chi connectivity index (χ3n) is 13.2. The zero-order valence-electron chi connectivity index (χ0n) is 41.1. The maximum atomic E-state index is 14.0. The molecule has 2 amide bonds. The topological polar surface area (TPSA) is 147 Å². The van der Waals surface area contributed by atoms with E-state index in [-0.39, 0.29) is 53.1 Å². The Kier molecular flexibility index (Phi) is 17.7. The number of carbonyl (C=O) groups excluding carboxylic acids is 3. The van der Waals surface area contributed by atoms with Gasteiger partial charge in [-0.25, -0.2) is 4.79 Å². The van der Waals surface area contributed by atoms with E-state index in [1.165, 1.54) is 7.11 Å². The van der Waals surface area contributed by atoms with Gasteiger partial charge in [-0.1, -0.05) is 83.1 Å². The predicted octanol–water partition coefficient (Wildman–Crippen LogP) is 10.3. The van der Waals surface area contributed by atoms with Gasteiger partial charge in [-0.05, 0) is 96.8 Å². The van der Waals surface area contributed by atoms with Crippen LogP contribution in [-0.2, 0) is 53.7 Å². The molecule has 2 aromatic heterocycles. The number of rotatable bonds is 18. The maximum Gasteiger partial charge on any atom is 0.330 e. The fourth-order valence-corrected chi connectivity index (χ4v) is 8.38. The first kappa shape index (κ1) is 53.6. The second-order valence-electron chi connectivity index (χ2n) is 22.1. The number of amides is 2. The van der Waals surface area contributed by atoms with Gasteiger partial charge in [-0.3, -0.25) is 19.6 Å². The molecule has 1 unspecified atom stereocenters. The van der Waals surface area contributed by atoms with E-state index in [4.69, 9.17) is 32.4 Å². The first-order chi connectivity index (χ1) is 26.9. The first-order valence-corrected chi connectivity index (χ1v) is 32.8.